The van der Waals surface area contributed by atoms with E-state index in [9.17, 15) is 0 Å². The van der Waals surface area contributed by atoms with Crippen molar-refractivity contribution in [2.45, 2.75) is 13.5 Å². The van der Waals surface area contributed by atoms with Gasteiger partial charge in [0.2, 0.25) is 0 Å². The summed E-state index contributed by atoms with van der Waals surface area (Å²) in [5.41, 5.74) is 5.66. The Bertz CT molecular complexity index is 1230. The lowest BCUT2D eigenvalue weighted by Gasteiger charge is -2.10. The monoisotopic (exact) mass is 494 g/mol. The Labute approximate surface area is 199 Å². The van der Waals surface area contributed by atoms with E-state index in [-0.39, 0.29) is 0 Å². The summed E-state index contributed by atoms with van der Waals surface area (Å²) in [6, 6.07) is 18.8. The van der Waals surface area contributed by atoms with Crippen LogP contribution in [-0.2, 0) is 6.54 Å². The maximum atomic E-state index is 6.30. The van der Waals surface area contributed by atoms with E-state index < -0.39 is 0 Å². The molecule has 0 aliphatic rings. The van der Waals surface area contributed by atoms with Crippen LogP contribution in [0.4, 0.5) is 0 Å². The van der Waals surface area contributed by atoms with Crippen molar-refractivity contribution in [2.24, 2.45) is 0 Å². The van der Waals surface area contributed by atoms with Gasteiger partial charge in [0, 0.05) is 21.7 Å². The van der Waals surface area contributed by atoms with Crippen LogP contribution in [0, 0.1) is 6.92 Å². The molecule has 0 aliphatic carbocycles. The Kier molecular flexibility index (Phi) is 6.34. The summed E-state index contributed by atoms with van der Waals surface area (Å²) >= 11 is 30.8. The molecular formula is C23H15Cl5N2. The highest BCUT2D eigenvalue weighted by Crippen LogP contribution is 2.36. The molecule has 0 spiro atoms. The smallest absolute Gasteiger partial charge is 0.0959 e. The topological polar surface area (TPSA) is 17.8 Å². The SMILES string of the molecule is Cc1c(-c2ccc(Cl)c(Cl)c2)nn(Cc2ccc(Cl)cc2)c1-c1ccc(Cl)c(Cl)c1. The van der Waals surface area contributed by atoms with Gasteiger partial charge >= 0.3 is 0 Å². The average Bonchev–Trinajstić information content (AvgIpc) is 3.04. The fourth-order valence-corrected chi connectivity index (χ4v) is 4.08. The second-order valence-electron chi connectivity index (χ2n) is 6.86. The van der Waals surface area contributed by atoms with E-state index in [0.717, 1.165) is 33.6 Å². The highest BCUT2D eigenvalue weighted by atomic mass is 35.5. The third-order valence-corrected chi connectivity index (χ3v) is 6.55. The molecule has 3 aromatic carbocycles. The van der Waals surface area contributed by atoms with Crippen LogP contribution in [0.2, 0.25) is 25.1 Å². The number of benzene rings is 3. The number of nitrogens with zero attached hydrogens (tertiary/aromatic N) is 2. The second-order valence-corrected chi connectivity index (χ2v) is 8.93. The first kappa shape index (κ1) is 21.5. The largest absolute Gasteiger partial charge is 0.260 e. The zero-order valence-corrected chi connectivity index (χ0v) is 19.5. The quantitative estimate of drug-likeness (QED) is 0.276. The zero-order chi connectivity index (χ0) is 21.4. The van der Waals surface area contributed by atoms with E-state index in [2.05, 4.69) is 0 Å². The third kappa shape index (κ3) is 4.34. The molecule has 4 aromatic rings. The Hall–Kier alpha value is -1.68. The van der Waals surface area contributed by atoms with Gasteiger partial charge in [0.1, 0.15) is 0 Å². The van der Waals surface area contributed by atoms with E-state index in [1.165, 1.54) is 0 Å². The van der Waals surface area contributed by atoms with Crippen molar-refractivity contribution in [2.75, 3.05) is 0 Å². The molecule has 0 saturated heterocycles. The van der Waals surface area contributed by atoms with Gasteiger partial charge in [0.25, 0.3) is 0 Å². The van der Waals surface area contributed by atoms with Gasteiger partial charge in [0.05, 0.1) is 38.0 Å². The molecule has 0 atom stereocenters. The van der Waals surface area contributed by atoms with E-state index in [1.54, 1.807) is 12.1 Å². The van der Waals surface area contributed by atoms with Crippen LogP contribution in [0.15, 0.2) is 60.7 Å². The average molecular weight is 497 g/mol. The molecule has 4 rings (SSSR count). The predicted molar refractivity (Wildman–Crippen MR) is 128 cm³/mol. The van der Waals surface area contributed by atoms with Crippen LogP contribution in [0.1, 0.15) is 11.1 Å². The highest BCUT2D eigenvalue weighted by molar-refractivity contribution is 6.42. The minimum atomic E-state index is 0.483. The molecule has 0 fully saturated rings. The van der Waals surface area contributed by atoms with Crippen LogP contribution in [-0.4, -0.2) is 9.78 Å². The fraction of sp³-hybridized carbons (Fsp3) is 0.0870. The lowest BCUT2D eigenvalue weighted by atomic mass is 10.0. The summed E-state index contributed by atoms with van der Waals surface area (Å²) in [5.74, 6) is 0. The van der Waals surface area contributed by atoms with Gasteiger partial charge in [-0.2, -0.15) is 5.10 Å². The Morgan fingerprint density at radius 1 is 0.700 bits per heavy atom. The van der Waals surface area contributed by atoms with Crippen molar-refractivity contribution in [3.05, 3.63) is 96.9 Å². The fourth-order valence-electron chi connectivity index (χ4n) is 3.36. The van der Waals surface area contributed by atoms with E-state index >= 15 is 0 Å². The number of rotatable bonds is 4. The molecule has 2 nitrogen and oxygen atoms in total. The van der Waals surface area contributed by atoms with Gasteiger partial charge in [-0.3, -0.25) is 4.68 Å². The maximum absolute atomic E-state index is 6.30. The van der Waals surface area contributed by atoms with Crippen molar-refractivity contribution in [3.63, 3.8) is 0 Å². The third-order valence-electron chi connectivity index (χ3n) is 4.82. The number of hydrogen-bond donors (Lipinski definition) is 0. The van der Waals surface area contributed by atoms with Gasteiger partial charge in [-0.05, 0) is 48.9 Å². The lowest BCUT2D eigenvalue weighted by molar-refractivity contribution is 0.696. The molecule has 0 bridgehead atoms. The van der Waals surface area contributed by atoms with Gasteiger partial charge in [0.15, 0.2) is 0 Å². The first-order chi connectivity index (χ1) is 14.3. The molecule has 0 radical (unpaired) electrons. The van der Waals surface area contributed by atoms with Crippen molar-refractivity contribution in [1.82, 2.24) is 9.78 Å². The van der Waals surface area contributed by atoms with Gasteiger partial charge in [-0.25, -0.2) is 0 Å². The molecule has 0 saturated carbocycles. The Balaban J connectivity index is 1.88. The molecule has 1 heterocycles. The predicted octanol–water partition coefficient (Wildman–Crippen LogP) is 8.84. The summed E-state index contributed by atoms with van der Waals surface area (Å²) in [6.45, 7) is 2.59. The normalized spacial score (nSPS) is 11.1. The molecule has 0 unspecified atom stereocenters. The van der Waals surface area contributed by atoms with E-state index in [0.29, 0.717) is 31.7 Å². The van der Waals surface area contributed by atoms with Crippen molar-refractivity contribution in [1.29, 1.82) is 0 Å². The number of halogens is 5. The Morgan fingerprint density at radius 3 is 1.87 bits per heavy atom. The van der Waals surface area contributed by atoms with Crippen molar-refractivity contribution < 1.29 is 0 Å². The van der Waals surface area contributed by atoms with Crippen molar-refractivity contribution in [3.8, 4) is 22.5 Å². The van der Waals surface area contributed by atoms with Crippen LogP contribution in [0.25, 0.3) is 22.5 Å². The molecule has 152 valence electrons. The minimum Gasteiger partial charge on any atom is -0.260 e. The molecule has 0 N–H and O–H groups in total. The van der Waals surface area contributed by atoms with Crippen LogP contribution in [0.3, 0.4) is 0 Å². The van der Waals surface area contributed by atoms with Crippen molar-refractivity contribution >= 4 is 58.0 Å². The number of aromatic nitrogens is 2. The standard InChI is InChI=1S/C23H15Cl5N2/c1-13-22(15-4-8-18(25)20(27)10-15)29-30(12-14-2-6-17(24)7-3-14)23(13)16-5-9-19(26)21(28)11-16/h2-11H,12H2,1H3. The molecule has 0 amide bonds. The zero-order valence-electron chi connectivity index (χ0n) is 15.8. The summed E-state index contributed by atoms with van der Waals surface area (Å²) < 4.78 is 1.95. The van der Waals surface area contributed by atoms with Gasteiger partial charge < -0.3 is 0 Å². The van der Waals surface area contributed by atoms with E-state index in [4.69, 9.17) is 63.1 Å². The van der Waals surface area contributed by atoms with Gasteiger partial charge in [-0.1, -0.05) is 82.3 Å². The van der Waals surface area contributed by atoms with Crippen LogP contribution >= 0.6 is 58.0 Å². The maximum Gasteiger partial charge on any atom is 0.0959 e. The first-order valence-corrected chi connectivity index (χ1v) is 10.9. The van der Waals surface area contributed by atoms with E-state index in [1.807, 2.05) is 60.1 Å². The first-order valence-electron chi connectivity index (χ1n) is 9.06. The van der Waals surface area contributed by atoms with Crippen LogP contribution < -0.4 is 0 Å². The molecule has 0 aliphatic heterocycles. The minimum absolute atomic E-state index is 0.483. The summed E-state index contributed by atoms with van der Waals surface area (Å²) in [7, 11) is 0. The summed E-state index contributed by atoms with van der Waals surface area (Å²) in [6.07, 6.45) is 0. The lowest BCUT2D eigenvalue weighted by Crippen LogP contribution is -2.04. The second kappa shape index (κ2) is 8.82. The molecule has 7 heteroatoms. The summed E-state index contributed by atoms with van der Waals surface area (Å²) in [4.78, 5) is 0. The summed E-state index contributed by atoms with van der Waals surface area (Å²) in [5, 5.41) is 7.58. The van der Waals surface area contributed by atoms with Gasteiger partial charge in [-0.15, -0.1) is 0 Å². The van der Waals surface area contributed by atoms with Crippen LogP contribution in [0.5, 0.6) is 0 Å². The number of hydrogen-bond acceptors (Lipinski definition) is 1. The molecule has 1 aromatic heterocycles. The molecular weight excluding hydrogens is 482 g/mol. The Morgan fingerprint density at radius 2 is 1.27 bits per heavy atom. The molecule has 30 heavy (non-hydrogen) atoms. The highest BCUT2D eigenvalue weighted by Gasteiger charge is 2.19.